The third-order valence-electron chi connectivity index (χ3n) is 4.71. The first-order valence-corrected chi connectivity index (χ1v) is 10.6. The number of hydrogen-bond donors (Lipinski definition) is 1. The minimum absolute atomic E-state index is 0.108. The Labute approximate surface area is 160 Å². The van der Waals surface area contributed by atoms with E-state index in [4.69, 9.17) is 0 Å². The molecule has 0 saturated carbocycles. The molecule has 1 amide bonds. The fourth-order valence-electron chi connectivity index (χ4n) is 3.09. The van der Waals surface area contributed by atoms with Gasteiger partial charge in [0.15, 0.2) is 0 Å². The molecule has 2 aromatic rings. The van der Waals surface area contributed by atoms with Gasteiger partial charge in [0.1, 0.15) is 0 Å². The predicted molar refractivity (Wildman–Crippen MR) is 105 cm³/mol. The van der Waals surface area contributed by atoms with Crippen LogP contribution in [0.1, 0.15) is 22.3 Å². The molecule has 7 heteroatoms. The van der Waals surface area contributed by atoms with Crippen LogP contribution in [0.4, 0.5) is 0 Å². The third-order valence-corrected chi connectivity index (χ3v) is 6.11. The number of carbonyl (C=O) groups excluding carboxylic acids is 1. The Balaban J connectivity index is 1.73. The molecular weight excluding hydrogens is 362 g/mol. The number of nitrogens with one attached hydrogen (secondary N) is 1. The third kappa shape index (κ3) is 5.15. The summed E-state index contributed by atoms with van der Waals surface area (Å²) in [4.78, 5) is 16.9. The second-order valence-corrected chi connectivity index (χ2v) is 8.55. The minimum Gasteiger partial charge on any atom is -0.337 e. The monoisotopic (exact) mass is 387 g/mol. The van der Waals surface area contributed by atoms with Gasteiger partial charge in [-0.25, -0.2) is 13.1 Å². The topological polar surface area (TPSA) is 69.7 Å². The number of carbonyl (C=O) groups is 1. The van der Waals surface area contributed by atoms with Crippen molar-refractivity contribution in [3.63, 3.8) is 0 Å². The van der Waals surface area contributed by atoms with Crippen molar-refractivity contribution < 1.29 is 13.2 Å². The normalized spacial score (nSPS) is 16.1. The van der Waals surface area contributed by atoms with E-state index in [0.29, 0.717) is 18.7 Å². The maximum Gasteiger partial charge on any atom is 0.253 e. The Bertz CT molecular complexity index is 884. The number of nitrogens with zero attached hydrogens (tertiary/aromatic N) is 2. The van der Waals surface area contributed by atoms with Gasteiger partial charge in [-0.3, -0.25) is 4.79 Å². The lowest BCUT2D eigenvalue weighted by Gasteiger charge is -2.21. The molecule has 0 aromatic heterocycles. The van der Waals surface area contributed by atoms with Crippen LogP contribution in [0.25, 0.3) is 0 Å². The zero-order chi connectivity index (χ0) is 19.3. The number of hydrogen-bond acceptors (Lipinski definition) is 4. The molecular formula is C20H25N3O3S. The van der Waals surface area contributed by atoms with Crippen LogP contribution in [0.3, 0.4) is 0 Å². The summed E-state index contributed by atoms with van der Waals surface area (Å²) in [6, 6.07) is 15.6. The zero-order valence-electron chi connectivity index (χ0n) is 15.5. The molecule has 0 atom stereocenters. The Kier molecular flexibility index (Phi) is 6.26. The fraction of sp³-hybridized carbons (Fsp3) is 0.350. The van der Waals surface area contributed by atoms with Gasteiger partial charge in [-0.1, -0.05) is 36.4 Å². The molecule has 1 N–H and O–H groups in total. The molecule has 1 fully saturated rings. The van der Waals surface area contributed by atoms with E-state index in [2.05, 4.69) is 9.62 Å². The maximum atomic E-state index is 12.8. The SMILES string of the molecule is CN1CCCN(C(=O)c2cccc(S(=O)(=O)NCc3ccccc3)c2)CC1. The van der Waals surface area contributed by atoms with Crippen LogP contribution in [-0.4, -0.2) is 57.4 Å². The molecule has 2 aromatic carbocycles. The molecule has 1 aliphatic heterocycles. The van der Waals surface area contributed by atoms with E-state index in [1.807, 2.05) is 37.4 Å². The average molecular weight is 388 g/mol. The highest BCUT2D eigenvalue weighted by Crippen LogP contribution is 2.15. The van der Waals surface area contributed by atoms with E-state index < -0.39 is 10.0 Å². The summed E-state index contributed by atoms with van der Waals surface area (Å²) >= 11 is 0. The van der Waals surface area contributed by atoms with Crippen LogP contribution >= 0.6 is 0 Å². The molecule has 3 rings (SSSR count). The van der Waals surface area contributed by atoms with Crippen molar-refractivity contribution in [2.24, 2.45) is 0 Å². The Morgan fingerprint density at radius 2 is 1.78 bits per heavy atom. The smallest absolute Gasteiger partial charge is 0.253 e. The van der Waals surface area contributed by atoms with Crippen molar-refractivity contribution >= 4 is 15.9 Å². The standard InChI is InChI=1S/C20H25N3O3S/c1-22-11-6-12-23(14-13-22)20(24)18-9-5-10-19(15-18)27(25,26)21-16-17-7-3-2-4-8-17/h2-5,7-10,15,21H,6,11-14,16H2,1H3. The summed E-state index contributed by atoms with van der Waals surface area (Å²) in [5.41, 5.74) is 1.28. The summed E-state index contributed by atoms with van der Waals surface area (Å²) in [6.07, 6.45) is 0.916. The van der Waals surface area contributed by atoms with E-state index in [1.54, 1.807) is 17.0 Å². The van der Waals surface area contributed by atoms with Crippen LogP contribution in [0, 0.1) is 0 Å². The van der Waals surface area contributed by atoms with Crippen molar-refractivity contribution in [2.75, 3.05) is 33.2 Å². The summed E-state index contributed by atoms with van der Waals surface area (Å²) in [5, 5.41) is 0. The zero-order valence-corrected chi connectivity index (χ0v) is 16.3. The molecule has 1 aliphatic rings. The molecule has 27 heavy (non-hydrogen) atoms. The second kappa shape index (κ2) is 8.65. The number of likely N-dealkylation sites (N-methyl/N-ethyl adjacent to an activating group) is 1. The Hall–Kier alpha value is -2.22. The lowest BCUT2D eigenvalue weighted by molar-refractivity contribution is 0.0762. The van der Waals surface area contributed by atoms with Crippen molar-refractivity contribution in [3.8, 4) is 0 Å². The van der Waals surface area contributed by atoms with Gasteiger partial charge in [0, 0.05) is 31.7 Å². The maximum absolute atomic E-state index is 12.8. The van der Waals surface area contributed by atoms with Gasteiger partial charge in [-0.05, 0) is 43.8 Å². The van der Waals surface area contributed by atoms with Gasteiger partial charge in [-0.2, -0.15) is 0 Å². The second-order valence-electron chi connectivity index (χ2n) is 6.79. The number of sulfonamides is 1. The molecule has 0 unspecified atom stereocenters. The van der Waals surface area contributed by atoms with Crippen molar-refractivity contribution in [3.05, 3.63) is 65.7 Å². The van der Waals surface area contributed by atoms with Gasteiger partial charge in [0.2, 0.25) is 10.0 Å². The predicted octanol–water partition coefficient (Wildman–Crippen LogP) is 1.94. The molecule has 144 valence electrons. The first-order chi connectivity index (χ1) is 13.0. The highest BCUT2D eigenvalue weighted by atomic mass is 32.2. The number of rotatable bonds is 5. The highest BCUT2D eigenvalue weighted by molar-refractivity contribution is 7.89. The molecule has 0 spiro atoms. The molecule has 0 bridgehead atoms. The molecule has 1 saturated heterocycles. The van der Waals surface area contributed by atoms with E-state index >= 15 is 0 Å². The van der Waals surface area contributed by atoms with Gasteiger partial charge in [0.25, 0.3) is 5.91 Å². The number of amides is 1. The van der Waals surface area contributed by atoms with Gasteiger partial charge in [-0.15, -0.1) is 0 Å². The van der Waals surface area contributed by atoms with E-state index in [-0.39, 0.29) is 17.3 Å². The average Bonchev–Trinajstić information content (AvgIpc) is 2.91. The number of benzene rings is 2. The Morgan fingerprint density at radius 1 is 1.00 bits per heavy atom. The summed E-state index contributed by atoms with van der Waals surface area (Å²) < 4.78 is 27.8. The lowest BCUT2D eigenvalue weighted by atomic mass is 10.2. The van der Waals surface area contributed by atoms with E-state index in [1.165, 1.54) is 12.1 Å². The Morgan fingerprint density at radius 3 is 2.56 bits per heavy atom. The van der Waals surface area contributed by atoms with Gasteiger partial charge < -0.3 is 9.80 Å². The first-order valence-electron chi connectivity index (χ1n) is 9.07. The fourth-order valence-corrected chi connectivity index (χ4v) is 4.15. The van der Waals surface area contributed by atoms with Crippen LogP contribution in [0.5, 0.6) is 0 Å². The van der Waals surface area contributed by atoms with Crippen molar-refractivity contribution in [1.82, 2.24) is 14.5 Å². The molecule has 6 nitrogen and oxygen atoms in total. The van der Waals surface area contributed by atoms with Crippen LogP contribution in [-0.2, 0) is 16.6 Å². The lowest BCUT2D eigenvalue weighted by Crippen LogP contribution is -2.34. The quantitative estimate of drug-likeness (QED) is 0.851. The van der Waals surface area contributed by atoms with Gasteiger partial charge >= 0.3 is 0 Å². The molecule has 0 radical (unpaired) electrons. The minimum atomic E-state index is -3.69. The summed E-state index contributed by atoms with van der Waals surface area (Å²) in [6.45, 7) is 3.33. The van der Waals surface area contributed by atoms with Crippen LogP contribution in [0.2, 0.25) is 0 Å². The van der Waals surface area contributed by atoms with Gasteiger partial charge in [0.05, 0.1) is 4.90 Å². The molecule has 1 heterocycles. The van der Waals surface area contributed by atoms with Crippen molar-refractivity contribution in [1.29, 1.82) is 0 Å². The summed E-state index contributed by atoms with van der Waals surface area (Å²) in [5.74, 6) is -0.120. The van der Waals surface area contributed by atoms with Crippen molar-refractivity contribution in [2.45, 2.75) is 17.9 Å². The first kappa shape index (κ1) is 19.5. The van der Waals surface area contributed by atoms with E-state index in [0.717, 1.165) is 25.1 Å². The highest BCUT2D eigenvalue weighted by Gasteiger charge is 2.21. The largest absolute Gasteiger partial charge is 0.337 e. The summed E-state index contributed by atoms with van der Waals surface area (Å²) in [7, 11) is -1.65. The van der Waals surface area contributed by atoms with Crippen LogP contribution in [0.15, 0.2) is 59.5 Å². The van der Waals surface area contributed by atoms with Crippen LogP contribution < -0.4 is 4.72 Å². The molecule has 0 aliphatic carbocycles. The van der Waals surface area contributed by atoms with E-state index in [9.17, 15) is 13.2 Å².